The highest BCUT2D eigenvalue weighted by Crippen LogP contribution is 1.98. The van der Waals surface area contributed by atoms with Crippen molar-refractivity contribution in [2.75, 3.05) is 185 Å². The van der Waals surface area contributed by atoms with Gasteiger partial charge in [0.1, 0.15) is 0 Å². The van der Waals surface area contributed by atoms with Crippen LogP contribution in [0, 0.1) is 0 Å². The normalized spacial score (nSPS) is 24.2. The second-order valence-corrected chi connectivity index (χ2v) is 10.2. The molecule has 1 rings (SSSR count). The average molecular weight is 742 g/mol. The average Bonchev–Trinajstić information content (AvgIpc) is 3.01. The first kappa shape index (κ1) is 41.2. The fraction of sp³-hybridized carbons (Fsp3) is 1.00. The van der Waals surface area contributed by atoms with Crippen molar-refractivity contribution in [2.45, 2.75) is 0 Å². The molecule has 1 aliphatic heterocycles. The van der Waals surface area contributed by atoms with Crippen LogP contribution in [0.2, 0.25) is 0 Å². The van der Waals surface area contributed by atoms with Gasteiger partial charge < -0.3 is 61.6 Å². The first-order valence-corrected chi connectivity index (χ1v) is 16.3. The molecule has 1 aliphatic rings. The Balaban J connectivity index is 2.04. The van der Waals surface area contributed by atoms with E-state index in [1.165, 1.54) is 0 Å². The van der Waals surface area contributed by atoms with Gasteiger partial charge in [-0.3, -0.25) is 0 Å². The molecule has 0 saturated carbocycles. The molecular weight excluding hydrogens is 685 g/mol. The predicted octanol–water partition coefficient (Wildman–Crippen LogP) is 0.868. The third-order valence-corrected chi connectivity index (χ3v) is 6.39. The van der Waals surface area contributed by atoms with Gasteiger partial charge in [-0.15, -0.1) is 0 Å². The molecule has 0 bridgehead atoms. The third kappa shape index (κ3) is 34.9. The Morgan fingerprint density at radius 3 is 0.465 bits per heavy atom. The van der Waals surface area contributed by atoms with Crippen LogP contribution in [-0.4, -0.2) is 188 Å². The van der Waals surface area contributed by atoms with Crippen molar-refractivity contribution in [3.63, 3.8) is 0 Å². The number of hydrogen-bond donors (Lipinski definition) is 0. The molecule has 1 heterocycles. The first-order chi connectivity index (χ1) is 21.4. The quantitative estimate of drug-likeness (QED) is 0.258. The zero-order valence-electron chi connectivity index (χ0n) is 25.9. The van der Waals surface area contributed by atoms with Crippen LogP contribution >= 0.6 is 22.9 Å². The maximum atomic E-state index is 5.62. The van der Waals surface area contributed by atoms with Crippen LogP contribution < -0.4 is 0 Å². The Morgan fingerprint density at radius 1 is 0.209 bits per heavy atom. The second-order valence-electron chi connectivity index (χ2n) is 8.87. The van der Waals surface area contributed by atoms with Gasteiger partial charge in [0.25, 0.3) is 0 Å². The van der Waals surface area contributed by atoms with E-state index in [2.05, 4.69) is 26.0 Å². The highest BCUT2D eigenvalue weighted by Gasteiger charge is 2.01. The van der Waals surface area contributed by atoms with Gasteiger partial charge in [0.05, 0.1) is 172 Å². The van der Waals surface area contributed by atoms with Crippen LogP contribution in [0.3, 0.4) is 0 Å². The first-order valence-electron chi connectivity index (χ1n) is 15.3. The molecule has 0 aliphatic carbocycles. The summed E-state index contributed by atoms with van der Waals surface area (Å²) in [7, 11) is 0. The van der Waals surface area contributed by atoms with Crippen LogP contribution in [0.1, 0.15) is 0 Å². The van der Waals surface area contributed by atoms with Crippen molar-refractivity contribution in [3.05, 3.63) is 0 Å². The maximum absolute atomic E-state index is 5.62. The molecule has 0 radical (unpaired) electrons. The second kappa shape index (κ2) is 36.6. The minimum absolute atomic E-state index is 0.516. The summed E-state index contributed by atoms with van der Waals surface area (Å²) in [5, 5.41) is 0. The van der Waals surface area contributed by atoms with E-state index >= 15 is 0 Å². The Hall–Kier alpha value is 0.170. The molecule has 1 saturated heterocycles. The van der Waals surface area contributed by atoms with Crippen LogP contribution in [0.5, 0.6) is 0 Å². The van der Waals surface area contributed by atoms with Crippen molar-refractivity contribution in [2.24, 2.45) is 0 Å². The Labute approximate surface area is 271 Å². The molecule has 0 amide bonds. The van der Waals surface area contributed by atoms with Crippen molar-refractivity contribution in [1.29, 1.82) is 0 Å². The highest BCUT2D eigenvalue weighted by atomic mass is 127. The summed E-state index contributed by atoms with van der Waals surface area (Å²) in [5.41, 5.74) is 0. The fourth-order valence-electron chi connectivity index (χ4n) is 3.18. The molecule has 0 unspecified atom stereocenters. The number of ether oxygens (including phenoxy) is 13. The Morgan fingerprint density at radius 2 is 0.326 bits per heavy atom. The number of halogens is 1. The smallest absolute Gasteiger partial charge is 0.0701 e. The summed E-state index contributed by atoms with van der Waals surface area (Å²) >= 11 is 2.28. The number of rotatable bonds is 0. The maximum Gasteiger partial charge on any atom is 0.0701 e. The SMILES string of the molecule is IN1CCOCCOCCOCCOCCOCCOCCOCCOCCOCCOCCOCCOCCOCC1. The van der Waals surface area contributed by atoms with Crippen molar-refractivity contribution >= 4 is 22.9 Å². The number of hydrogen-bond acceptors (Lipinski definition) is 14. The summed E-state index contributed by atoms with van der Waals surface area (Å²) in [5.74, 6) is 0. The minimum Gasteiger partial charge on any atom is -0.378 e. The summed E-state index contributed by atoms with van der Waals surface area (Å²) in [6.07, 6.45) is 0. The Bertz CT molecular complexity index is 489. The van der Waals surface area contributed by atoms with Crippen molar-refractivity contribution < 1.29 is 61.6 Å². The third-order valence-electron chi connectivity index (χ3n) is 5.42. The van der Waals surface area contributed by atoms with Gasteiger partial charge in [-0.1, -0.05) is 0 Å². The predicted molar refractivity (Wildman–Crippen MR) is 166 cm³/mol. The summed E-state index contributed by atoms with van der Waals surface area (Å²) in [6.45, 7) is 15.5. The molecule has 0 aromatic heterocycles. The zero-order valence-corrected chi connectivity index (χ0v) is 28.1. The monoisotopic (exact) mass is 741 g/mol. The van der Waals surface area contributed by atoms with Crippen LogP contribution in [0.15, 0.2) is 0 Å². The summed E-state index contributed by atoms with van der Waals surface area (Å²) in [4.78, 5) is 0. The van der Waals surface area contributed by atoms with Gasteiger partial charge in [-0.05, 0) is 0 Å². The molecule has 0 N–H and O–H groups in total. The largest absolute Gasteiger partial charge is 0.378 e. The van der Waals surface area contributed by atoms with E-state index in [9.17, 15) is 0 Å². The lowest BCUT2D eigenvalue weighted by atomic mass is 10.6. The molecule has 0 spiro atoms. The molecule has 0 aromatic rings. The molecule has 1 fully saturated rings. The van der Waals surface area contributed by atoms with E-state index in [1.807, 2.05) is 0 Å². The molecule has 258 valence electrons. The standard InChI is InChI=1S/C28H56INO13/c29-30-1-3-31-5-7-33-9-11-35-13-15-37-17-19-39-21-23-41-25-27-43-28-26-42-24-22-40-20-18-38-16-14-36-12-10-34-8-6-32-4-2-30/h1-28H2. The van der Waals surface area contributed by atoms with Crippen LogP contribution in [-0.2, 0) is 61.6 Å². The van der Waals surface area contributed by atoms with E-state index in [4.69, 9.17) is 61.6 Å². The van der Waals surface area contributed by atoms with E-state index in [0.717, 1.165) is 13.1 Å². The molecule has 14 nitrogen and oxygen atoms in total. The lowest BCUT2D eigenvalue weighted by Gasteiger charge is -2.14. The van der Waals surface area contributed by atoms with E-state index in [-0.39, 0.29) is 0 Å². The molecular formula is C28H56INO13. The van der Waals surface area contributed by atoms with Gasteiger partial charge in [0, 0.05) is 36.0 Å². The fourth-order valence-corrected chi connectivity index (χ4v) is 3.57. The highest BCUT2D eigenvalue weighted by molar-refractivity contribution is 14.1. The van der Waals surface area contributed by atoms with Crippen molar-refractivity contribution in [1.82, 2.24) is 3.11 Å². The van der Waals surface area contributed by atoms with Crippen LogP contribution in [0.25, 0.3) is 0 Å². The van der Waals surface area contributed by atoms with Gasteiger partial charge in [-0.2, -0.15) is 0 Å². The van der Waals surface area contributed by atoms with Gasteiger partial charge >= 0.3 is 0 Å². The van der Waals surface area contributed by atoms with E-state index in [1.54, 1.807) is 0 Å². The van der Waals surface area contributed by atoms with Crippen LogP contribution in [0.4, 0.5) is 0 Å². The van der Waals surface area contributed by atoms with Gasteiger partial charge in [0.15, 0.2) is 0 Å². The van der Waals surface area contributed by atoms with E-state index in [0.29, 0.717) is 172 Å². The topological polar surface area (TPSA) is 123 Å². The van der Waals surface area contributed by atoms with Gasteiger partial charge in [0.2, 0.25) is 0 Å². The van der Waals surface area contributed by atoms with E-state index < -0.39 is 0 Å². The summed E-state index contributed by atoms with van der Waals surface area (Å²) in [6, 6.07) is 0. The van der Waals surface area contributed by atoms with Gasteiger partial charge in [-0.25, -0.2) is 3.11 Å². The molecule has 15 heteroatoms. The Kier molecular flexibility index (Phi) is 35.1. The van der Waals surface area contributed by atoms with Crippen molar-refractivity contribution in [3.8, 4) is 0 Å². The molecule has 0 aromatic carbocycles. The number of nitrogens with zero attached hydrogens (tertiary/aromatic N) is 1. The summed E-state index contributed by atoms with van der Waals surface area (Å²) < 4.78 is 73.8. The molecule has 0 atom stereocenters. The molecule has 43 heavy (non-hydrogen) atoms. The minimum atomic E-state index is 0.516. The lowest BCUT2D eigenvalue weighted by molar-refractivity contribution is -0.0293. The lowest BCUT2D eigenvalue weighted by Crippen LogP contribution is -2.23. The zero-order chi connectivity index (χ0) is 30.6.